The number of primary amides is 1. The molecule has 94 valence electrons. The fraction of sp³-hybridized carbons (Fsp3) is 0.727. The Kier molecular flexibility index (Phi) is 3.73. The number of carbonyl (C=O) groups excluding carboxylic acids is 1. The van der Waals surface area contributed by atoms with Crippen LogP contribution in [0.4, 0.5) is 0 Å². The van der Waals surface area contributed by atoms with Crippen molar-refractivity contribution in [3.63, 3.8) is 0 Å². The van der Waals surface area contributed by atoms with Gasteiger partial charge >= 0.3 is 0 Å². The molecule has 1 aromatic rings. The summed E-state index contributed by atoms with van der Waals surface area (Å²) in [4.78, 5) is 11.0. The van der Waals surface area contributed by atoms with Crippen LogP contribution in [0.1, 0.15) is 37.1 Å². The van der Waals surface area contributed by atoms with Gasteiger partial charge in [-0.15, -0.1) is 5.10 Å². The largest absolute Gasteiger partial charge is 0.381 e. The molecule has 1 aromatic heterocycles. The number of aromatic nitrogens is 3. The Morgan fingerprint density at radius 3 is 2.82 bits per heavy atom. The number of rotatable bonds is 4. The van der Waals surface area contributed by atoms with E-state index in [1.54, 1.807) is 0 Å². The van der Waals surface area contributed by atoms with E-state index >= 15 is 0 Å². The Bertz CT molecular complexity index is 396. The van der Waals surface area contributed by atoms with E-state index in [1.165, 1.54) is 0 Å². The fourth-order valence-electron chi connectivity index (χ4n) is 2.30. The number of amides is 1. The van der Waals surface area contributed by atoms with E-state index in [4.69, 9.17) is 10.5 Å². The third-order valence-corrected chi connectivity index (χ3v) is 3.10. The highest BCUT2D eigenvalue weighted by Crippen LogP contribution is 2.28. The average Bonchev–Trinajstić information content (AvgIpc) is 2.72. The lowest BCUT2D eigenvalue weighted by molar-refractivity contribution is -0.117. The Labute approximate surface area is 100 Å². The van der Waals surface area contributed by atoms with Crippen LogP contribution >= 0.6 is 0 Å². The summed E-state index contributed by atoms with van der Waals surface area (Å²) < 4.78 is 7.22. The molecule has 1 amide bonds. The van der Waals surface area contributed by atoms with Crippen LogP contribution in [0.3, 0.4) is 0 Å². The van der Waals surface area contributed by atoms with Gasteiger partial charge in [0.1, 0.15) is 0 Å². The quantitative estimate of drug-likeness (QED) is 0.813. The van der Waals surface area contributed by atoms with Gasteiger partial charge in [0.15, 0.2) is 0 Å². The van der Waals surface area contributed by atoms with Crippen molar-refractivity contribution in [2.45, 2.75) is 38.6 Å². The Hall–Kier alpha value is -1.43. The smallest absolute Gasteiger partial charge is 0.223 e. The third-order valence-electron chi connectivity index (χ3n) is 3.10. The van der Waals surface area contributed by atoms with Gasteiger partial charge in [-0.3, -0.25) is 4.79 Å². The fourth-order valence-corrected chi connectivity index (χ4v) is 2.30. The molecule has 0 unspecified atom stereocenters. The van der Waals surface area contributed by atoms with Gasteiger partial charge in [0.05, 0.1) is 17.8 Å². The lowest BCUT2D eigenvalue weighted by Gasteiger charge is -2.23. The van der Waals surface area contributed by atoms with Crippen molar-refractivity contribution in [1.82, 2.24) is 15.0 Å². The molecule has 0 bridgehead atoms. The topological polar surface area (TPSA) is 83.0 Å². The lowest BCUT2D eigenvalue weighted by atomic mass is 9.94. The molecule has 6 heteroatoms. The van der Waals surface area contributed by atoms with Crippen LogP contribution in [0.5, 0.6) is 0 Å². The number of aryl methyl sites for hydroxylation is 1. The lowest BCUT2D eigenvalue weighted by Crippen LogP contribution is -2.21. The summed E-state index contributed by atoms with van der Waals surface area (Å²) in [6.07, 6.45) is 2.09. The second-order valence-electron chi connectivity index (χ2n) is 4.27. The minimum absolute atomic E-state index is 0.173. The summed E-state index contributed by atoms with van der Waals surface area (Å²) in [6, 6.07) is 0. The monoisotopic (exact) mass is 238 g/mol. The first-order valence-corrected chi connectivity index (χ1v) is 6.00. The zero-order valence-electron chi connectivity index (χ0n) is 10.1. The van der Waals surface area contributed by atoms with E-state index in [9.17, 15) is 4.79 Å². The van der Waals surface area contributed by atoms with Crippen LogP contribution in [-0.4, -0.2) is 34.1 Å². The van der Waals surface area contributed by atoms with Crippen LogP contribution in [0, 0.1) is 0 Å². The number of carbonyl (C=O) groups is 1. The Morgan fingerprint density at radius 1 is 1.53 bits per heavy atom. The zero-order chi connectivity index (χ0) is 12.3. The first kappa shape index (κ1) is 12.0. The standard InChI is InChI=1S/C11H18N4O2/c1-2-15-11(8-3-5-17-6-4-8)9(13-14-15)7-10(12)16/h8H,2-7H2,1H3,(H2,12,16). The van der Waals surface area contributed by atoms with Crippen LogP contribution in [0.15, 0.2) is 0 Å². The van der Waals surface area contributed by atoms with E-state index in [2.05, 4.69) is 10.3 Å². The zero-order valence-corrected chi connectivity index (χ0v) is 10.1. The van der Waals surface area contributed by atoms with Gasteiger partial charge in [-0.25, -0.2) is 4.68 Å². The van der Waals surface area contributed by atoms with Gasteiger partial charge in [-0.05, 0) is 19.8 Å². The molecule has 1 aliphatic heterocycles. The molecule has 17 heavy (non-hydrogen) atoms. The molecular weight excluding hydrogens is 220 g/mol. The van der Waals surface area contributed by atoms with Crippen LogP contribution in [-0.2, 0) is 22.5 Å². The molecule has 1 saturated heterocycles. The third kappa shape index (κ3) is 2.63. The molecular formula is C11H18N4O2. The SMILES string of the molecule is CCn1nnc(CC(N)=O)c1C1CCOCC1. The van der Waals surface area contributed by atoms with Crippen molar-refractivity contribution in [3.05, 3.63) is 11.4 Å². The Balaban J connectivity index is 2.27. The van der Waals surface area contributed by atoms with E-state index in [-0.39, 0.29) is 12.3 Å². The van der Waals surface area contributed by atoms with Gasteiger partial charge in [0, 0.05) is 25.7 Å². The normalized spacial score (nSPS) is 17.2. The second-order valence-corrected chi connectivity index (χ2v) is 4.27. The number of ether oxygens (including phenoxy) is 1. The number of nitrogens with two attached hydrogens (primary N) is 1. The summed E-state index contributed by atoms with van der Waals surface area (Å²) in [6.45, 7) is 4.30. The van der Waals surface area contributed by atoms with Gasteiger partial charge < -0.3 is 10.5 Å². The molecule has 0 atom stereocenters. The first-order valence-electron chi connectivity index (χ1n) is 6.00. The van der Waals surface area contributed by atoms with Crippen LogP contribution in [0.25, 0.3) is 0 Å². The number of hydrogen-bond donors (Lipinski definition) is 1. The molecule has 0 saturated carbocycles. The summed E-state index contributed by atoms with van der Waals surface area (Å²) in [7, 11) is 0. The van der Waals surface area contributed by atoms with Gasteiger partial charge in [-0.1, -0.05) is 5.21 Å². The highest BCUT2D eigenvalue weighted by Gasteiger charge is 2.24. The van der Waals surface area contributed by atoms with E-state index in [0.717, 1.165) is 44.0 Å². The summed E-state index contributed by atoms with van der Waals surface area (Å²) in [5, 5.41) is 8.15. The van der Waals surface area contributed by atoms with Crippen molar-refractivity contribution in [2.24, 2.45) is 5.73 Å². The van der Waals surface area contributed by atoms with E-state index in [0.29, 0.717) is 5.92 Å². The maximum atomic E-state index is 11.0. The number of hydrogen-bond acceptors (Lipinski definition) is 4. The summed E-state index contributed by atoms with van der Waals surface area (Å²) >= 11 is 0. The van der Waals surface area contributed by atoms with Gasteiger partial charge in [0.25, 0.3) is 0 Å². The van der Waals surface area contributed by atoms with E-state index < -0.39 is 0 Å². The predicted molar refractivity (Wildman–Crippen MR) is 61.4 cm³/mol. The van der Waals surface area contributed by atoms with Gasteiger partial charge in [-0.2, -0.15) is 0 Å². The highest BCUT2D eigenvalue weighted by molar-refractivity contribution is 5.76. The first-order chi connectivity index (χ1) is 8.22. The van der Waals surface area contributed by atoms with Crippen LogP contribution in [0.2, 0.25) is 0 Å². The maximum Gasteiger partial charge on any atom is 0.223 e. The molecule has 0 aromatic carbocycles. The molecule has 2 N–H and O–H groups in total. The van der Waals surface area contributed by atoms with Crippen molar-refractivity contribution >= 4 is 5.91 Å². The predicted octanol–water partition coefficient (Wildman–Crippen LogP) is 0.220. The average molecular weight is 238 g/mol. The molecule has 0 radical (unpaired) electrons. The van der Waals surface area contributed by atoms with Gasteiger partial charge in [0.2, 0.25) is 5.91 Å². The molecule has 1 fully saturated rings. The van der Waals surface area contributed by atoms with Crippen molar-refractivity contribution in [3.8, 4) is 0 Å². The Morgan fingerprint density at radius 2 is 2.24 bits per heavy atom. The van der Waals surface area contributed by atoms with Crippen molar-refractivity contribution < 1.29 is 9.53 Å². The molecule has 0 spiro atoms. The minimum Gasteiger partial charge on any atom is -0.381 e. The van der Waals surface area contributed by atoms with Crippen molar-refractivity contribution in [1.29, 1.82) is 0 Å². The molecule has 6 nitrogen and oxygen atoms in total. The molecule has 2 rings (SSSR count). The molecule has 2 heterocycles. The highest BCUT2D eigenvalue weighted by atomic mass is 16.5. The minimum atomic E-state index is -0.360. The summed E-state index contributed by atoms with van der Waals surface area (Å²) in [5.74, 6) is 0.0227. The number of nitrogens with zero attached hydrogens (tertiary/aromatic N) is 3. The molecule has 0 aliphatic carbocycles. The maximum absolute atomic E-state index is 11.0. The van der Waals surface area contributed by atoms with E-state index in [1.807, 2.05) is 11.6 Å². The van der Waals surface area contributed by atoms with Crippen molar-refractivity contribution in [2.75, 3.05) is 13.2 Å². The summed E-state index contributed by atoms with van der Waals surface area (Å²) in [5.41, 5.74) is 7.03. The second kappa shape index (κ2) is 5.27. The van der Waals surface area contributed by atoms with Crippen LogP contribution < -0.4 is 5.73 Å². The molecule has 1 aliphatic rings.